The summed E-state index contributed by atoms with van der Waals surface area (Å²) in [4.78, 5) is 26.0. The molecule has 1 aliphatic carbocycles. The number of amides is 1. The number of benzene rings is 2. The lowest BCUT2D eigenvalue weighted by molar-refractivity contribution is -0.122. The molecule has 7 nitrogen and oxygen atoms in total. The number of carbonyl (C=O) groups excluding carboxylic acids is 2. The van der Waals surface area contributed by atoms with E-state index in [-0.39, 0.29) is 29.9 Å². The zero-order chi connectivity index (χ0) is 22.8. The smallest absolute Gasteiger partial charge is 0.225 e. The summed E-state index contributed by atoms with van der Waals surface area (Å²) < 4.78 is 21.8. The fraction of sp³-hybridized carbons (Fsp3) is 0.360. The van der Waals surface area contributed by atoms with Crippen LogP contribution in [-0.4, -0.2) is 40.1 Å². The fourth-order valence-corrected chi connectivity index (χ4v) is 4.75. The van der Waals surface area contributed by atoms with Crippen LogP contribution < -0.4 is 24.3 Å². The third kappa shape index (κ3) is 3.79. The first kappa shape index (κ1) is 21.7. The minimum absolute atomic E-state index is 0.0286. The molecule has 1 N–H and O–H groups in total. The average Bonchev–Trinajstić information content (AvgIpc) is 2.81. The SMILES string of the molecule is COc1ccc([C@H]2CC(=O)C3=C(C2)NC(=O)C[C@@H]3c2cccc(OC)c2OC)cc1OC. The van der Waals surface area contributed by atoms with Crippen molar-refractivity contribution in [3.63, 3.8) is 0 Å². The van der Waals surface area contributed by atoms with Gasteiger partial charge in [0.1, 0.15) is 0 Å². The van der Waals surface area contributed by atoms with E-state index in [2.05, 4.69) is 5.32 Å². The molecule has 0 saturated heterocycles. The molecule has 4 rings (SSSR count). The van der Waals surface area contributed by atoms with E-state index in [9.17, 15) is 9.59 Å². The second kappa shape index (κ2) is 8.94. The first-order valence-electron chi connectivity index (χ1n) is 10.5. The van der Waals surface area contributed by atoms with E-state index in [1.54, 1.807) is 34.5 Å². The lowest BCUT2D eigenvalue weighted by atomic mass is 9.73. The van der Waals surface area contributed by atoms with Crippen LogP contribution in [0.25, 0.3) is 0 Å². The van der Waals surface area contributed by atoms with Crippen molar-refractivity contribution in [2.45, 2.75) is 31.1 Å². The fourth-order valence-electron chi connectivity index (χ4n) is 4.75. The highest BCUT2D eigenvalue weighted by Crippen LogP contribution is 2.47. The number of rotatable bonds is 6. The zero-order valence-electron chi connectivity index (χ0n) is 18.7. The zero-order valence-corrected chi connectivity index (χ0v) is 18.7. The van der Waals surface area contributed by atoms with Crippen LogP contribution in [0.3, 0.4) is 0 Å². The molecule has 0 aromatic heterocycles. The maximum absolute atomic E-state index is 13.4. The average molecular weight is 437 g/mol. The summed E-state index contributed by atoms with van der Waals surface area (Å²) in [7, 11) is 6.31. The van der Waals surface area contributed by atoms with Crippen LogP contribution in [0.15, 0.2) is 47.7 Å². The molecule has 0 saturated carbocycles. The van der Waals surface area contributed by atoms with Gasteiger partial charge in [0.2, 0.25) is 5.91 Å². The van der Waals surface area contributed by atoms with Gasteiger partial charge in [-0.15, -0.1) is 0 Å². The highest BCUT2D eigenvalue weighted by molar-refractivity contribution is 6.02. The number of ether oxygens (including phenoxy) is 4. The van der Waals surface area contributed by atoms with Crippen molar-refractivity contribution in [2.24, 2.45) is 0 Å². The van der Waals surface area contributed by atoms with Crippen molar-refractivity contribution in [1.82, 2.24) is 5.32 Å². The van der Waals surface area contributed by atoms with Crippen LogP contribution in [0.4, 0.5) is 0 Å². The van der Waals surface area contributed by atoms with E-state index in [4.69, 9.17) is 18.9 Å². The summed E-state index contributed by atoms with van der Waals surface area (Å²) in [6.45, 7) is 0. The van der Waals surface area contributed by atoms with Gasteiger partial charge in [-0.3, -0.25) is 9.59 Å². The summed E-state index contributed by atoms with van der Waals surface area (Å²) in [6, 6.07) is 11.2. The molecule has 0 radical (unpaired) electrons. The van der Waals surface area contributed by atoms with Gasteiger partial charge in [0.15, 0.2) is 28.8 Å². The lowest BCUT2D eigenvalue weighted by Gasteiger charge is -2.35. The number of carbonyl (C=O) groups is 2. The molecule has 2 aliphatic rings. The lowest BCUT2D eigenvalue weighted by Crippen LogP contribution is -2.38. The Labute approximate surface area is 187 Å². The number of nitrogens with one attached hydrogen (secondary N) is 1. The van der Waals surface area contributed by atoms with E-state index >= 15 is 0 Å². The van der Waals surface area contributed by atoms with E-state index in [1.807, 2.05) is 30.3 Å². The molecule has 0 unspecified atom stereocenters. The predicted molar refractivity (Wildman–Crippen MR) is 119 cm³/mol. The Balaban J connectivity index is 1.73. The van der Waals surface area contributed by atoms with Crippen LogP contribution in [0.1, 0.15) is 42.2 Å². The summed E-state index contributed by atoms with van der Waals surface area (Å²) in [5.74, 6) is 1.86. The molecule has 2 aromatic carbocycles. The topological polar surface area (TPSA) is 83.1 Å². The normalized spacial score (nSPS) is 20.4. The highest BCUT2D eigenvalue weighted by Gasteiger charge is 2.39. The van der Waals surface area contributed by atoms with E-state index < -0.39 is 0 Å². The first-order chi connectivity index (χ1) is 15.5. The van der Waals surface area contributed by atoms with Gasteiger partial charge in [-0.1, -0.05) is 18.2 Å². The Morgan fingerprint density at radius 1 is 0.812 bits per heavy atom. The maximum Gasteiger partial charge on any atom is 0.225 e. The second-order valence-corrected chi connectivity index (χ2v) is 7.92. The summed E-state index contributed by atoms with van der Waals surface area (Å²) in [5, 5.41) is 2.96. The van der Waals surface area contributed by atoms with Gasteiger partial charge < -0.3 is 24.3 Å². The van der Waals surface area contributed by atoms with Gasteiger partial charge >= 0.3 is 0 Å². The first-order valence-corrected chi connectivity index (χ1v) is 10.5. The van der Waals surface area contributed by atoms with Crippen molar-refractivity contribution in [3.8, 4) is 23.0 Å². The largest absolute Gasteiger partial charge is 0.493 e. The Morgan fingerprint density at radius 3 is 2.25 bits per heavy atom. The Kier molecular flexibility index (Phi) is 6.08. The highest BCUT2D eigenvalue weighted by atomic mass is 16.5. The minimum Gasteiger partial charge on any atom is -0.493 e. The Morgan fingerprint density at radius 2 is 1.56 bits per heavy atom. The Hall–Kier alpha value is -3.48. The standard InChI is InChI=1S/C25H27NO6/c1-29-20-9-8-14(12-22(20)31-3)15-10-18-24(19(27)11-15)17(13-23(28)26-18)16-6-5-7-21(30-2)25(16)32-4/h5-9,12,15,17H,10-11,13H2,1-4H3,(H,26,28)/t15-,17-/m1/s1. The number of methoxy groups -OCH3 is 4. The third-order valence-electron chi connectivity index (χ3n) is 6.22. The molecular weight excluding hydrogens is 410 g/mol. The van der Waals surface area contributed by atoms with Gasteiger partial charge in [0, 0.05) is 35.6 Å². The molecular formula is C25H27NO6. The monoisotopic (exact) mass is 437 g/mol. The number of hydrogen-bond donors (Lipinski definition) is 1. The molecule has 0 spiro atoms. The van der Waals surface area contributed by atoms with Crippen LogP contribution in [-0.2, 0) is 9.59 Å². The molecule has 2 atom stereocenters. The molecule has 32 heavy (non-hydrogen) atoms. The molecule has 0 fully saturated rings. The van der Waals surface area contributed by atoms with Gasteiger partial charge in [0.25, 0.3) is 0 Å². The predicted octanol–water partition coefficient (Wildman–Crippen LogP) is 3.73. The molecule has 1 amide bonds. The Bertz CT molecular complexity index is 1090. The van der Waals surface area contributed by atoms with E-state index in [1.165, 1.54) is 0 Å². The summed E-state index contributed by atoms with van der Waals surface area (Å²) in [6.07, 6.45) is 1.10. The van der Waals surface area contributed by atoms with Crippen molar-refractivity contribution >= 4 is 11.7 Å². The number of Topliss-reactive ketones (excluding diaryl/α,β-unsaturated/α-hetero) is 1. The van der Waals surface area contributed by atoms with Crippen molar-refractivity contribution in [2.75, 3.05) is 28.4 Å². The van der Waals surface area contributed by atoms with Crippen LogP contribution in [0, 0.1) is 0 Å². The molecule has 2 aromatic rings. The van der Waals surface area contributed by atoms with E-state index in [0.717, 1.165) is 11.1 Å². The van der Waals surface area contributed by atoms with Gasteiger partial charge in [-0.05, 0) is 36.1 Å². The molecule has 168 valence electrons. The molecule has 7 heteroatoms. The quantitative estimate of drug-likeness (QED) is 0.742. The van der Waals surface area contributed by atoms with Crippen LogP contribution in [0.2, 0.25) is 0 Å². The second-order valence-electron chi connectivity index (χ2n) is 7.92. The van der Waals surface area contributed by atoms with Gasteiger partial charge in [-0.25, -0.2) is 0 Å². The minimum atomic E-state index is -0.373. The number of hydrogen-bond acceptors (Lipinski definition) is 6. The third-order valence-corrected chi connectivity index (χ3v) is 6.22. The molecule has 1 heterocycles. The number of ketones is 1. The van der Waals surface area contributed by atoms with Crippen molar-refractivity contribution < 1.29 is 28.5 Å². The summed E-state index contributed by atoms with van der Waals surface area (Å²) >= 11 is 0. The van der Waals surface area contributed by atoms with Gasteiger partial charge in [-0.2, -0.15) is 0 Å². The van der Waals surface area contributed by atoms with Gasteiger partial charge in [0.05, 0.1) is 28.4 Å². The van der Waals surface area contributed by atoms with Crippen molar-refractivity contribution in [1.29, 1.82) is 0 Å². The van der Waals surface area contributed by atoms with E-state index in [0.29, 0.717) is 47.1 Å². The summed E-state index contributed by atoms with van der Waals surface area (Å²) in [5.41, 5.74) is 3.10. The number of allylic oxidation sites excluding steroid dienone is 2. The molecule has 1 aliphatic heterocycles. The maximum atomic E-state index is 13.4. The van der Waals surface area contributed by atoms with Crippen LogP contribution >= 0.6 is 0 Å². The van der Waals surface area contributed by atoms with Crippen molar-refractivity contribution in [3.05, 3.63) is 58.8 Å². The van der Waals surface area contributed by atoms with Crippen LogP contribution in [0.5, 0.6) is 23.0 Å². The number of para-hydroxylation sites is 1. The molecule has 0 bridgehead atoms.